The van der Waals surface area contributed by atoms with Crippen LogP contribution in [-0.2, 0) is 6.54 Å². The molecule has 1 aliphatic heterocycles. The van der Waals surface area contributed by atoms with Crippen molar-refractivity contribution in [2.75, 3.05) is 20.1 Å². The van der Waals surface area contributed by atoms with E-state index in [1.54, 1.807) is 16.8 Å². The molecule has 0 aliphatic carbocycles. The second-order valence-electron chi connectivity index (χ2n) is 5.14. The van der Waals surface area contributed by atoms with E-state index in [-0.39, 0.29) is 5.82 Å². The van der Waals surface area contributed by atoms with Crippen LogP contribution < -0.4 is 5.32 Å². The summed E-state index contributed by atoms with van der Waals surface area (Å²) in [4.78, 5) is 6.50. The summed E-state index contributed by atoms with van der Waals surface area (Å²) in [5.74, 6) is 0.677. The largest absolute Gasteiger partial charge is 0.352 e. The molecule has 0 saturated carbocycles. The van der Waals surface area contributed by atoms with Crippen LogP contribution in [0.5, 0.6) is 0 Å². The number of nitrogens with one attached hydrogen (secondary N) is 1. The SMILES string of the molecule is Cc1nn(-c2ccc(F)cc2)cc1CNC1=NCCN1C. The normalized spacial score (nSPS) is 14.4. The first-order chi connectivity index (χ1) is 10.1. The van der Waals surface area contributed by atoms with Crippen molar-refractivity contribution in [1.29, 1.82) is 0 Å². The van der Waals surface area contributed by atoms with Crippen LogP contribution >= 0.6 is 0 Å². The lowest BCUT2D eigenvalue weighted by molar-refractivity contribution is 0.534. The van der Waals surface area contributed by atoms with Gasteiger partial charge >= 0.3 is 0 Å². The summed E-state index contributed by atoms with van der Waals surface area (Å²) in [6.07, 6.45) is 1.96. The highest BCUT2D eigenvalue weighted by Gasteiger charge is 2.13. The molecule has 2 aromatic rings. The number of hydrogen-bond donors (Lipinski definition) is 1. The van der Waals surface area contributed by atoms with Gasteiger partial charge in [-0.25, -0.2) is 9.07 Å². The molecule has 1 N–H and O–H groups in total. The van der Waals surface area contributed by atoms with Gasteiger partial charge in [0.2, 0.25) is 0 Å². The van der Waals surface area contributed by atoms with Crippen LogP contribution in [0.3, 0.4) is 0 Å². The van der Waals surface area contributed by atoms with E-state index in [4.69, 9.17) is 0 Å². The molecular formula is C15H18FN5. The number of aromatic nitrogens is 2. The number of aliphatic imine (C=N–C) groups is 1. The third-order valence-electron chi connectivity index (χ3n) is 3.59. The smallest absolute Gasteiger partial charge is 0.194 e. The third-order valence-corrected chi connectivity index (χ3v) is 3.59. The minimum atomic E-state index is -0.244. The second kappa shape index (κ2) is 5.55. The highest BCUT2D eigenvalue weighted by atomic mass is 19.1. The lowest BCUT2D eigenvalue weighted by Gasteiger charge is -2.14. The van der Waals surface area contributed by atoms with E-state index >= 15 is 0 Å². The molecule has 110 valence electrons. The van der Waals surface area contributed by atoms with Crippen molar-refractivity contribution < 1.29 is 4.39 Å². The first-order valence-corrected chi connectivity index (χ1v) is 6.94. The van der Waals surface area contributed by atoms with Crippen molar-refractivity contribution in [3.8, 4) is 5.69 Å². The molecule has 6 heteroatoms. The van der Waals surface area contributed by atoms with Gasteiger partial charge in [-0.2, -0.15) is 5.10 Å². The Morgan fingerprint density at radius 1 is 1.29 bits per heavy atom. The fraction of sp³-hybridized carbons (Fsp3) is 0.333. The van der Waals surface area contributed by atoms with Crippen LogP contribution in [0.15, 0.2) is 35.5 Å². The number of aryl methyl sites for hydroxylation is 1. The Morgan fingerprint density at radius 3 is 2.71 bits per heavy atom. The van der Waals surface area contributed by atoms with Crippen molar-refractivity contribution in [3.63, 3.8) is 0 Å². The fourth-order valence-corrected chi connectivity index (χ4v) is 2.29. The van der Waals surface area contributed by atoms with Gasteiger partial charge in [0, 0.05) is 31.9 Å². The van der Waals surface area contributed by atoms with Crippen molar-refractivity contribution in [2.45, 2.75) is 13.5 Å². The molecule has 0 unspecified atom stereocenters. The number of hydrogen-bond acceptors (Lipinski definition) is 4. The molecule has 1 aliphatic rings. The Morgan fingerprint density at radius 2 is 2.05 bits per heavy atom. The first kappa shape index (κ1) is 13.6. The van der Waals surface area contributed by atoms with Gasteiger partial charge in [0.1, 0.15) is 5.82 Å². The Hall–Kier alpha value is -2.37. The van der Waals surface area contributed by atoms with E-state index in [0.717, 1.165) is 36.0 Å². The van der Waals surface area contributed by atoms with E-state index in [1.165, 1.54) is 12.1 Å². The molecule has 0 spiro atoms. The molecule has 1 aromatic heterocycles. The van der Waals surface area contributed by atoms with Crippen LogP contribution in [0.4, 0.5) is 4.39 Å². The maximum Gasteiger partial charge on any atom is 0.194 e. The van der Waals surface area contributed by atoms with Gasteiger partial charge in [-0.3, -0.25) is 4.99 Å². The molecule has 0 atom stereocenters. The number of likely N-dealkylation sites (N-methyl/N-ethyl adjacent to an activating group) is 1. The minimum absolute atomic E-state index is 0.244. The van der Waals surface area contributed by atoms with Gasteiger partial charge in [-0.15, -0.1) is 0 Å². The average molecular weight is 287 g/mol. The summed E-state index contributed by atoms with van der Waals surface area (Å²) in [6, 6.07) is 6.31. The summed E-state index contributed by atoms with van der Waals surface area (Å²) < 4.78 is 14.7. The second-order valence-corrected chi connectivity index (χ2v) is 5.14. The van der Waals surface area contributed by atoms with Crippen molar-refractivity contribution in [2.24, 2.45) is 4.99 Å². The zero-order valence-corrected chi connectivity index (χ0v) is 12.2. The Labute approximate surface area is 123 Å². The first-order valence-electron chi connectivity index (χ1n) is 6.94. The molecule has 0 amide bonds. The standard InChI is InChI=1S/C15H18FN5/c1-11-12(9-18-15-17-7-8-20(15)2)10-21(19-11)14-5-3-13(16)4-6-14/h3-6,10H,7-9H2,1-2H3,(H,17,18). The van der Waals surface area contributed by atoms with Crippen LogP contribution in [0, 0.1) is 12.7 Å². The van der Waals surface area contributed by atoms with Crippen LogP contribution in [0.2, 0.25) is 0 Å². The predicted octanol–water partition coefficient (Wildman–Crippen LogP) is 1.71. The zero-order valence-electron chi connectivity index (χ0n) is 12.2. The van der Waals surface area contributed by atoms with Gasteiger partial charge in [-0.1, -0.05) is 0 Å². The average Bonchev–Trinajstić information content (AvgIpc) is 3.04. The lowest BCUT2D eigenvalue weighted by atomic mass is 10.2. The molecule has 5 nitrogen and oxygen atoms in total. The summed E-state index contributed by atoms with van der Waals surface area (Å²) in [5, 5.41) is 7.80. The van der Waals surface area contributed by atoms with E-state index in [1.807, 2.05) is 20.2 Å². The van der Waals surface area contributed by atoms with Crippen molar-refractivity contribution in [3.05, 3.63) is 47.5 Å². The van der Waals surface area contributed by atoms with E-state index in [2.05, 4.69) is 20.3 Å². The molecule has 0 radical (unpaired) electrons. The molecule has 2 heterocycles. The molecular weight excluding hydrogens is 269 g/mol. The Bertz CT molecular complexity index is 659. The molecule has 21 heavy (non-hydrogen) atoms. The third kappa shape index (κ3) is 2.89. The quantitative estimate of drug-likeness (QED) is 0.935. The molecule has 0 fully saturated rings. The van der Waals surface area contributed by atoms with Gasteiger partial charge in [0.25, 0.3) is 0 Å². The monoisotopic (exact) mass is 287 g/mol. The highest BCUT2D eigenvalue weighted by Crippen LogP contribution is 2.13. The van der Waals surface area contributed by atoms with Gasteiger partial charge in [-0.05, 0) is 31.2 Å². The van der Waals surface area contributed by atoms with E-state index < -0.39 is 0 Å². The van der Waals surface area contributed by atoms with Gasteiger partial charge in [0.05, 0.1) is 17.9 Å². The minimum Gasteiger partial charge on any atom is -0.352 e. The number of halogens is 1. The summed E-state index contributed by atoms with van der Waals surface area (Å²) >= 11 is 0. The zero-order chi connectivity index (χ0) is 14.8. The Balaban J connectivity index is 1.73. The highest BCUT2D eigenvalue weighted by molar-refractivity contribution is 5.81. The maximum absolute atomic E-state index is 13.0. The van der Waals surface area contributed by atoms with Crippen molar-refractivity contribution >= 4 is 5.96 Å². The maximum atomic E-state index is 13.0. The summed E-state index contributed by atoms with van der Waals surface area (Å²) in [5.41, 5.74) is 2.90. The van der Waals surface area contributed by atoms with E-state index in [0.29, 0.717) is 6.54 Å². The van der Waals surface area contributed by atoms with Gasteiger partial charge in [0.15, 0.2) is 5.96 Å². The number of benzene rings is 1. The lowest BCUT2D eigenvalue weighted by Crippen LogP contribution is -2.35. The number of rotatable bonds is 3. The molecule has 3 rings (SSSR count). The molecule has 0 saturated heterocycles. The fourth-order valence-electron chi connectivity index (χ4n) is 2.29. The van der Waals surface area contributed by atoms with Gasteiger partial charge < -0.3 is 10.2 Å². The van der Waals surface area contributed by atoms with E-state index in [9.17, 15) is 4.39 Å². The van der Waals surface area contributed by atoms with Crippen LogP contribution in [0.1, 0.15) is 11.3 Å². The summed E-state index contributed by atoms with van der Waals surface area (Å²) in [6.45, 7) is 4.44. The number of nitrogens with zero attached hydrogens (tertiary/aromatic N) is 4. The van der Waals surface area contributed by atoms with Crippen LogP contribution in [-0.4, -0.2) is 40.8 Å². The Kier molecular flexibility index (Phi) is 3.60. The topological polar surface area (TPSA) is 45.5 Å². The van der Waals surface area contributed by atoms with Crippen molar-refractivity contribution in [1.82, 2.24) is 20.0 Å². The molecule has 0 bridgehead atoms. The van der Waals surface area contributed by atoms with Crippen LogP contribution in [0.25, 0.3) is 5.69 Å². The predicted molar refractivity (Wildman–Crippen MR) is 80.0 cm³/mol. The molecule has 1 aromatic carbocycles. The number of guanidine groups is 1. The summed E-state index contributed by atoms with van der Waals surface area (Å²) in [7, 11) is 2.02.